The SMILES string of the molecule is COc1cc(Cl)c(/C=C(/C#N)c2ccccc2F)cc1OC. The van der Waals surface area contributed by atoms with Gasteiger partial charge in [-0.25, -0.2) is 4.39 Å². The average molecular weight is 318 g/mol. The molecule has 3 nitrogen and oxygen atoms in total. The Morgan fingerprint density at radius 2 is 1.82 bits per heavy atom. The molecule has 0 radical (unpaired) electrons. The molecule has 0 heterocycles. The van der Waals surface area contributed by atoms with Gasteiger partial charge in [-0.1, -0.05) is 29.8 Å². The maximum atomic E-state index is 13.8. The second kappa shape index (κ2) is 6.97. The van der Waals surface area contributed by atoms with Crippen LogP contribution in [0.1, 0.15) is 11.1 Å². The van der Waals surface area contributed by atoms with Crippen molar-refractivity contribution in [3.05, 3.63) is 58.4 Å². The highest BCUT2D eigenvalue weighted by Crippen LogP contribution is 2.35. The molecule has 2 rings (SSSR count). The number of hydrogen-bond acceptors (Lipinski definition) is 3. The number of hydrogen-bond donors (Lipinski definition) is 0. The number of benzene rings is 2. The van der Waals surface area contributed by atoms with Crippen LogP contribution in [-0.2, 0) is 0 Å². The summed E-state index contributed by atoms with van der Waals surface area (Å²) in [5, 5.41) is 9.68. The van der Waals surface area contributed by atoms with Gasteiger partial charge in [0.25, 0.3) is 0 Å². The van der Waals surface area contributed by atoms with Crippen molar-refractivity contribution in [2.75, 3.05) is 14.2 Å². The van der Waals surface area contributed by atoms with Crippen molar-refractivity contribution in [2.45, 2.75) is 0 Å². The van der Waals surface area contributed by atoms with Crippen LogP contribution in [0.2, 0.25) is 5.02 Å². The molecular formula is C17H13ClFNO2. The summed E-state index contributed by atoms with van der Waals surface area (Å²) in [6.07, 6.45) is 1.52. The van der Waals surface area contributed by atoms with Gasteiger partial charge in [0.2, 0.25) is 0 Å². The van der Waals surface area contributed by atoms with Gasteiger partial charge in [0.15, 0.2) is 11.5 Å². The quantitative estimate of drug-likeness (QED) is 0.613. The molecule has 22 heavy (non-hydrogen) atoms. The second-order valence-corrected chi connectivity index (χ2v) is 4.79. The smallest absolute Gasteiger partial charge is 0.162 e. The van der Waals surface area contributed by atoms with Crippen molar-refractivity contribution >= 4 is 23.3 Å². The Labute approximate surface area is 133 Å². The van der Waals surface area contributed by atoms with Crippen LogP contribution in [-0.4, -0.2) is 14.2 Å². The second-order valence-electron chi connectivity index (χ2n) is 4.38. The highest BCUT2D eigenvalue weighted by atomic mass is 35.5. The van der Waals surface area contributed by atoms with Crippen molar-refractivity contribution in [3.63, 3.8) is 0 Å². The fourth-order valence-electron chi connectivity index (χ4n) is 1.99. The van der Waals surface area contributed by atoms with Gasteiger partial charge < -0.3 is 9.47 Å². The monoisotopic (exact) mass is 317 g/mol. The zero-order chi connectivity index (χ0) is 16.1. The minimum absolute atomic E-state index is 0.173. The van der Waals surface area contributed by atoms with E-state index in [4.69, 9.17) is 21.1 Å². The number of ether oxygens (including phenoxy) is 2. The van der Waals surface area contributed by atoms with E-state index in [9.17, 15) is 9.65 Å². The molecule has 2 aromatic carbocycles. The van der Waals surface area contributed by atoms with Gasteiger partial charge in [-0.2, -0.15) is 5.26 Å². The first-order valence-corrected chi connectivity index (χ1v) is 6.76. The van der Waals surface area contributed by atoms with Gasteiger partial charge in [-0.05, 0) is 23.8 Å². The molecular weight excluding hydrogens is 305 g/mol. The zero-order valence-electron chi connectivity index (χ0n) is 12.1. The van der Waals surface area contributed by atoms with E-state index in [1.807, 2.05) is 6.07 Å². The lowest BCUT2D eigenvalue weighted by Crippen LogP contribution is -1.92. The first kappa shape index (κ1) is 15.9. The first-order valence-electron chi connectivity index (χ1n) is 6.39. The molecule has 2 aromatic rings. The van der Waals surface area contributed by atoms with E-state index in [-0.39, 0.29) is 11.1 Å². The van der Waals surface area contributed by atoms with E-state index in [1.54, 1.807) is 30.3 Å². The molecule has 0 fully saturated rings. The molecule has 112 valence electrons. The van der Waals surface area contributed by atoms with Crippen LogP contribution in [0.5, 0.6) is 11.5 Å². The lowest BCUT2D eigenvalue weighted by atomic mass is 10.0. The summed E-state index contributed by atoms with van der Waals surface area (Å²) >= 11 is 6.18. The lowest BCUT2D eigenvalue weighted by molar-refractivity contribution is 0.355. The van der Waals surface area contributed by atoms with E-state index >= 15 is 0 Å². The number of nitriles is 1. The summed E-state index contributed by atoms with van der Waals surface area (Å²) < 4.78 is 24.2. The van der Waals surface area contributed by atoms with Crippen molar-refractivity contribution in [1.82, 2.24) is 0 Å². The molecule has 0 amide bonds. The standard InChI is InChI=1S/C17H13ClFNO2/c1-21-16-8-11(14(18)9-17(16)22-2)7-12(10-20)13-5-3-4-6-15(13)19/h3-9H,1-2H3/b12-7-. The molecule has 5 heteroatoms. The van der Waals surface area contributed by atoms with Crippen molar-refractivity contribution < 1.29 is 13.9 Å². The molecule has 0 atom stereocenters. The Balaban J connectivity index is 2.56. The van der Waals surface area contributed by atoms with Crippen LogP contribution in [0.4, 0.5) is 4.39 Å². The number of nitrogens with zero attached hydrogens (tertiary/aromatic N) is 1. The van der Waals surface area contributed by atoms with Crippen LogP contribution in [0.25, 0.3) is 11.6 Å². The van der Waals surface area contributed by atoms with E-state index < -0.39 is 5.82 Å². The van der Waals surface area contributed by atoms with E-state index in [0.717, 1.165) is 0 Å². The van der Waals surface area contributed by atoms with Crippen LogP contribution in [0, 0.1) is 17.1 Å². The third kappa shape index (κ3) is 3.21. The molecule has 0 saturated carbocycles. The molecule has 0 saturated heterocycles. The topological polar surface area (TPSA) is 42.2 Å². The molecule has 0 bridgehead atoms. The molecule has 0 N–H and O–H groups in total. The van der Waals surface area contributed by atoms with Gasteiger partial charge in [0.1, 0.15) is 5.82 Å². The number of halogens is 2. The molecule has 0 aliphatic rings. The summed E-state index contributed by atoms with van der Waals surface area (Å²) in [5.41, 5.74) is 0.933. The Morgan fingerprint density at radius 1 is 1.18 bits per heavy atom. The minimum atomic E-state index is -0.466. The van der Waals surface area contributed by atoms with E-state index in [1.165, 1.54) is 26.4 Å². The third-order valence-corrected chi connectivity index (χ3v) is 3.41. The van der Waals surface area contributed by atoms with Crippen molar-refractivity contribution in [2.24, 2.45) is 0 Å². The highest BCUT2D eigenvalue weighted by molar-refractivity contribution is 6.32. The number of rotatable bonds is 4. The lowest BCUT2D eigenvalue weighted by Gasteiger charge is -2.10. The Bertz CT molecular complexity index is 766. The molecule has 0 spiro atoms. The Hall–Kier alpha value is -2.51. The predicted octanol–water partition coefficient (Wildman–Crippen LogP) is 4.56. The van der Waals surface area contributed by atoms with Crippen LogP contribution >= 0.6 is 11.6 Å². The van der Waals surface area contributed by atoms with E-state index in [0.29, 0.717) is 22.1 Å². The zero-order valence-corrected chi connectivity index (χ0v) is 12.8. The number of allylic oxidation sites excluding steroid dienone is 1. The summed E-state index contributed by atoms with van der Waals surface area (Å²) in [5.74, 6) is 0.491. The Kier molecular flexibility index (Phi) is 5.03. The fraction of sp³-hybridized carbons (Fsp3) is 0.118. The van der Waals surface area contributed by atoms with Gasteiger partial charge in [0.05, 0.1) is 30.9 Å². The van der Waals surface area contributed by atoms with Crippen molar-refractivity contribution in [3.8, 4) is 17.6 Å². The van der Waals surface area contributed by atoms with Gasteiger partial charge >= 0.3 is 0 Å². The normalized spacial score (nSPS) is 11.0. The largest absolute Gasteiger partial charge is 0.493 e. The average Bonchev–Trinajstić information content (AvgIpc) is 2.54. The first-order chi connectivity index (χ1) is 10.6. The molecule has 0 aromatic heterocycles. The third-order valence-electron chi connectivity index (χ3n) is 3.09. The number of methoxy groups -OCH3 is 2. The van der Waals surface area contributed by atoms with Crippen LogP contribution < -0.4 is 9.47 Å². The highest BCUT2D eigenvalue weighted by Gasteiger charge is 2.11. The van der Waals surface area contributed by atoms with Gasteiger partial charge in [-0.15, -0.1) is 0 Å². The van der Waals surface area contributed by atoms with E-state index in [2.05, 4.69) is 0 Å². The summed E-state index contributed by atoms with van der Waals surface area (Å²) in [7, 11) is 3.01. The Morgan fingerprint density at radius 3 is 2.41 bits per heavy atom. The summed E-state index contributed by atoms with van der Waals surface area (Å²) in [6.45, 7) is 0. The summed E-state index contributed by atoms with van der Waals surface area (Å²) in [4.78, 5) is 0. The predicted molar refractivity (Wildman–Crippen MR) is 84.4 cm³/mol. The molecule has 0 aliphatic carbocycles. The minimum Gasteiger partial charge on any atom is -0.493 e. The van der Waals surface area contributed by atoms with Crippen LogP contribution in [0.3, 0.4) is 0 Å². The van der Waals surface area contributed by atoms with Gasteiger partial charge in [-0.3, -0.25) is 0 Å². The van der Waals surface area contributed by atoms with Gasteiger partial charge in [0, 0.05) is 11.6 Å². The maximum Gasteiger partial charge on any atom is 0.162 e. The fourth-order valence-corrected chi connectivity index (χ4v) is 2.19. The molecule has 0 unspecified atom stereocenters. The van der Waals surface area contributed by atoms with Crippen molar-refractivity contribution in [1.29, 1.82) is 5.26 Å². The summed E-state index contributed by atoms with van der Waals surface area (Å²) in [6, 6.07) is 11.3. The maximum absolute atomic E-state index is 13.8. The molecule has 0 aliphatic heterocycles. The van der Waals surface area contributed by atoms with Crippen LogP contribution in [0.15, 0.2) is 36.4 Å².